The summed E-state index contributed by atoms with van der Waals surface area (Å²) in [6.45, 7) is 0.687. The lowest BCUT2D eigenvalue weighted by molar-refractivity contribution is -0.136. The summed E-state index contributed by atoms with van der Waals surface area (Å²) in [6.07, 6.45) is 0.568. The molecular weight excluding hydrogens is 463 g/mol. The third kappa shape index (κ3) is 5.93. The number of carbonyl (C=O) groups is 2. The highest BCUT2D eigenvalue weighted by Crippen LogP contribution is 2.37. The summed E-state index contributed by atoms with van der Waals surface area (Å²) in [6, 6.07) is 8.90. The van der Waals surface area contributed by atoms with Gasteiger partial charge in [0.05, 0.1) is 11.1 Å². The molecule has 12 heteroatoms. The number of hydrogen-bond donors (Lipinski definition) is 6. The van der Waals surface area contributed by atoms with E-state index < -0.39 is 23.7 Å². The Morgan fingerprint density at radius 2 is 1.94 bits per heavy atom. The van der Waals surface area contributed by atoms with Crippen molar-refractivity contribution in [3.63, 3.8) is 0 Å². The van der Waals surface area contributed by atoms with Crippen molar-refractivity contribution < 1.29 is 14.0 Å². The van der Waals surface area contributed by atoms with E-state index in [1.165, 1.54) is 12.1 Å². The van der Waals surface area contributed by atoms with Crippen molar-refractivity contribution in [1.82, 2.24) is 10.2 Å². The third-order valence-electron chi connectivity index (χ3n) is 5.51. The number of aliphatic imine (C=N–C) groups is 1. The van der Waals surface area contributed by atoms with Gasteiger partial charge in [-0.1, -0.05) is 29.8 Å². The Labute approximate surface area is 200 Å². The number of nitrogens with two attached hydrogens (primary N) is 3. The number of anilines is 1. The first-order valence-electron chi connectivity index (χ1n) is 10.3. The van der Waals surface area contributed by atoms with Gasteiger partial charge < -0.3 is 32.7 Å². The maximum atomic E-state index is 13.6. The molecule has 2 atom stereocenters. The number of guanidine groups is 2. The van der Waals surface area contributed by atoms with Gasteiger partial charge in [-0.05, 0) is 41.3 Å². The zero-order valence-corrected chi connectivity index (χ0v) is 19.2. The van der Waals surface area contributed by atoms with E-state index >= 15 is 0 Å². The highest BCUT2D eigenvalue weighted by atomic mass is 35.5. The van der Waals surface area contributed by atoms with E-state index in [9.17, 15) is 14.0 Å². The molecule has 0 spiro atoms. The maximum Gasteiger partial charge on any atom is 0.313 e. The fourth-order valence-electron chi connectivity index (χ4n) is 3.81. The number of hydrogen-bond acceptors (Lipinski definition) is 4. The Kier molecular flexibility index (Phi) is 7.57. The van der Waals surface area contributed by atoms with Gasteiger partial charge >= 0.3 is 11.8 Å². The Morgan fingerprint density at radius 3 is 2.59 bits per heavy atom. The Morgan fingerprint density at radius 1 is 1.21 bits per heavy atom. The highest BCUT2D eigenvalue weighted by molar-refractivity contribution is 6.39. The Balaban J connectivity index is 1.78. The van der Waals surface area contributed by atoms with E-state index in [2.05, 4.69) is 15.6 Å². The lowest BCUT2D eigenvalue weighted by Crippen LogP contribution is -2.40. The molecule has 0 heterocycles. The molecule has 3 rings (SSSR count). The lowest BCUT2D eigenvalue weighted by Gasteiger charge is -2.21. The van der Waals surface area contributed by atoms with Crippen LogP contribution in [0.15, 0.2) is 41.4 Å². The molecule has 0 bridgehead atoms. The molecule has 0 saturated heterocycles. The second kappa shape index (κ2) is 10.4. The van der Waals surface area contributed by atoms with Crippen molar-refractivity contribution in [3.05, 3.63) is 63.9 Å². The second-order valence-corrected chi connectivity index (χ2v) is 8.45. The van der Waals surface area contributed by atoms with E-state index in [-0.39, 0.29) is 35.1 Å². The first-order valence-corrected chi connectivity index (χ1v) is 10.7. The summed E-state index contributed by atoms with van der Waals surface area (Å²) >= 11 is 5.65. The van der Waals surface area contributed by atoms with E-state index in [0.29, 0.717) is 13.0 Å². The van der Waals surface area contributed by atoms with Crippen molar-refractivity contribution in [2.45, 2.75) is 19.0 Å². The monoisotopic (exact) mass is 488 g/mol. The number of benzene rings is 2. The Hall–Kier alpha value is -3.86. The van der Waals surface area contributed by atoms with Crippen LogP contribution in [0.4, 0.5) is 10.1 Å². The van der Waals surface area contributed by atoms with Gasteiger partial charge in [0.1, 0.15) is 5.82 Å². The van der Waals surface area contributed by atoms with Gasteiger partial charge in [0, 0.05) is 31.7 Å². The van der Waals surface area contributed by atoms with Crippen LogP contribution in [-0.4, -0.2) is 42.2 Å². The summed E-state index contributed by atoms with van der Waals surface area (Å²) in [5.41, 5.74) is 19.3. The van der Waals surface area contributed by atoms with Crippen molar-refractivity contribution in [2.24, 2.45) is 28.1 Å². The summed E-state index contributed by atoms with van der Waals surface area (Å²) < 4.78 is 13.6. The number of halogens is 2. The molecular formula is C22H26ClFN8O2. The average Bonchev–Trinajstić information content (AvgIpc) is 3.11. The quantitative estimate of drug-likeness (QED) is 0.201. The van der Waals surface area contributed by atoms with Gasteiger partial charge in [0.15, 0.2) is 11.9 Å². The summed E-state index contributed by atoms with van der Waals surface area (Å²) in [4.78, 5) is 30.8. The van der Waals surface area contributed by atoms with Crippen LogP contribution in [0.25, 0.3) is 0 Å². The fourth-order valence-corrected chi connectivity index (χ4v) is 3.93. The molecule has 2 aromatic rings. The molecule has 9 N–H and O–H groups in total. The highest BCUT2D eigenvalue weighted by Gasteiger charge is 2.35. The first kappa shape index (κ1) is 24.8. The molecule has 2 amide bonds. The average molecular weight is 489 g/mol. The van der Waals surface area contributed by atoms with Crippen LogP contribution >= 0.6 is 11.6 Å². The summed E-state index contributed by atoms with van der Waals surface area (Å²) in [5, 5.41) is 12.5. The molecule has 180 valence electrons. The smallest absolute Gasteiger partial charge is 0.313 e. The Bertz CT molecular complexity index is 1150. The first-order chi connectivity index (χ1) is 16.0. The van der Waals surface area contributed by atoms with Crippen LogP contribution in [0.2, 0.25) is 5.02 Å². The third-order valence-corrected chi connectivity index (χ3v) is 5.81. The van der Waals surface area contributed by atoms with Crippen molar-refractivity contribution in [2.75, 3.05) is 18.9 Å². The van der Waals surface area contributed by atoms with E-state index in [4.69, 9.17) is 34.2 Å². The minimum atomic E-state index is -0.949. The SMILES string of the molecule is CN(Cc1ccc2c(c1)C[C@H](CN=C(N)N)[C@H]2NC(=O)C(=O)Nc1ccc(Cl)c(F)c1)C(=N)N. The number of rotatable bonds is 6. The van der Waals surface area contributed by atoms with Crippen LogP contribution in [0.1, 0.15) is 22.7 Å². The molecule has 1 aliphatic carbocycles. The number of amides is 2. The van der Waals surface area contributed by atoms with Crippen molar-refractivity contribution in [1.29, 1.82) is 5.41 Å². The second-order valence-electron chi connectivity index (χ2n) is 8.04. The van der Waals surface area contributed by atoms with Gasteiger partial charge in [-0.2, -0.15) is 0 Å². The molecule has 2 aromatic carbocycles. The molecule has 0 unspecified atom stereocenters. The number of carbonyl (C=O) groups excluding carboxylic acids is 2. The molecule has 0 aliphatic heterocycles. The maximum absolute atomic E-state index is 13.6. The van der Waals surface area contributed by atoms with E-state index in [1.54, 1.807) is 11.9 Å². The standard InChI is InChI=1S/C22H26ClFN8O2/c1-32(22(27)28)10-11-2-4-15-12(6-11)7-13(9-29-21(25)26)18(15)31-20(34)19(33)30-14-3-5-16(23)17(24)8-14/h2-6,8,13,18H,7,9-10H2,1H3,(H3,27,28)(H,30,33)(H,31,34)(H4,25,26,29)/t13-,18-/m1/s1. The molecule has 0 radical (unpaired) electrons. The van der Waals surface area contributed by atoms with Gasteiger partial charge in [0.25, 0.3) is 0 Å². The van der Waals surface area contributed by atoms with Crippen molar-refractivity contribution >= 4 is 41.0 Å². The lowest BCUT2D eigenvalue weighted by atomic mass is 10.0. The molecule has 10 nitrogen and oxygen atoms in total. The van der Waals surface area contributed by atoms with Gasteiger partial charge in [-0.15, -0.1) is 0 Å². The number of nitrogens with one attached hydrogen (secondary N) is 3. The summed E-state index contributed by atoms with van der Waals surface area (Å²) in [5.74, 6) is -2.87. The molecule has 1 aliphatic rings. The fraction of sp³-hybridized carbons (Fsp3) is 0.273. The van der Waals surface area contributed by atoms with Crippen LogP contribution in [0.3, 0.4) is 0 Å². The topological polar surface area (TPSA) is 176 Å². The van der Waals surface area contributed by atoms with Gasteiger partial charge in [-0.3, -0.25) is 20.0 Å². The van der Waals surface area contributed by atoms with Crippen LogP contribution < -0.4 is 27.8 Å². The van der Waals surface area contributed by atoms with Crippen molar-refractivity contribution in [3.8, 4) is 0 Å². The largest absolute Gasteiger partial charge is 0.370 e. The zero-order chi connectivity index (χ0) is 25.0. The minimum absolute atomic E-state index is 0.0529. The predicted octanol–water partition coefficient (Wildman–Crippen LogP) is 1.05. The summed E-state index contributed by atoms with van der Waals surface area (Å²) in [7, 11) is 1.71. The molecule has 34 heavy (non-hydrogen) atoms. The predicted molar refractivity (Wildman–Crippen MR) is 129 cm³/mol. The van der Waals surface area contributed by atoms with Crippen LogP contribution in [0.5, 0.6) is 0 Å². The van der Waals surface area contributed by atoms with Gasteiger partial charge in [-0.25, -0.2) is 4.39 Å². The minimum Gasteiger partial charge on any atom is -0.370 e. The molecule has 0 saturated carbocycles. The molecule has 0 aromatic heterocycles. The zero-order valence-electron chi connectivity index (χ0n) is 18.4. The van der Waals surface area contributed by atoms with E-state index in [0.717, 1.165) is 22.8 Å². The van der Waals surface area contributed by atoms with Crippen LogP contribution in [0, 0.1) is 17.1 Å². The molecule has 0 fully saturated rings. The van der Waals surface area contributed by atoms with Gasteiger partial charge in [0.2, 0.25) is 0 Å². The number of nitrogens with zero attached hydrogens (tertiary/aromatic N) is 2. The van der Waals surface area contributed by atoms with Crippen LogP contribution in [-0.2, 0) is 22.6 Å². The number of fused-ring (bicyclic) bond motifs is 1. The van der Waals surface area contributed by atoms with E-state index in [1.807, 2.05) is 18.2 Å². The normalized spacial score (nSPS) is 16.3.